The Balaban J connectivity index is 1.17. The fourth-order valence-corrected chi connectivity index (χ4v) is 6.67. The summed E-state index contributed by atoms with van der Waals surface area (Å²) < 4.78 is 0. The molecule has 2 unspecified atom stereocenters. The van der Waals surface area contributed by atoms with E-state index < -0.39 is 0 Å². The van der Waals surface area contributed by atoms with Gasteiger partial charge in [0.2, 0.25) is 0 Å². The molecule has 4 bridgehead atoms. The molecule has 1 heterocycles. The van der Waals surface area contributed by atoms with E-state index in [0.717, 1.165) is 39.8 Å². The Hall–Kier alpha value is -2.76. The smallest absolute Gasteiger partial charge is 0.156 e. The van der Waals surface area contributed by atoms with Crippen LogP contribution in [-0.4, -0.2) is 10.2 Å². The molecular weight excluding hydrogens is 408 g/mol. The molecular formula is C25H25ClN4O. The van der Waals surface area contributed by atoms with Gasteiger partial charge in [-0.25, -0.2) is 4.98 Å². The zero-order chi connectivity index (χ0) is 21.0. The number of benzene rings is 2. The zero-order valence-corrected chi connectivity index (χ0v) is 17.9. The topological polar surface area (TPSA) is 69.2 Å². The van der Waals surface area contributed by atoms with Gasteiger partial charge in [-0.05, 0) is 103 Å². The van der Waals surface area contributed by atoms with Crippen molar-refractivity contribution >= 4 is 40.2 Å². The van der Waals surface area contributed by atoms with Gasteiger partial charge in [0.15, 0.2) is 5.82 Å². The first-order valence-electron chi connectivity index (χ1n) is 10.9. The maximum Gasteiger partial charge on any atom is 0.156 e. The van der Waals surface area contributed by atoms with Gasteiger partial charge in [-0.1, -0.05) is 17.7 Å². The van der Waals surface area contributed by atoms with E-state index in [1.54, 1.807) is 18.3 Å². The summed E-state index contributed by atoms with van der Waals surface area (Å²) in [4.78, 5) is 4.24. The Morgan fingerprint density at radius 1 is 0.903 bits per heavy atom. The summed E-state index contributed by atoms with van der Waals surface area (Å²) in [6.07, 6.45) is 7.26. The highest BCUT2D eigenvalue weighted by Gasteiger charge is 2.63. The summed E-state index contributed by atoms with van der Waals surface area (Å²) in [7, 11) is 0. The maximum atomic E-state index is 9.22. The quantitative estimate of drug-likeness (QED) is 0.326. The van der Waals surface area contributed by atoms with Crippen molar-refractivity contribution in [3.8, 4) is 0 Å². The molecule has 2 aromatic carbocycles. The molecule has 0 amide bonds. The number of halogens is 1. The fraction of sp³-hybridized carbons (Fsp3) is 0.320. The molecule has 158 valence electrons. The molecule has 4 saturated carbocycles. The van der Waals surface area contributed by atoms with E-state index in [2.05, 4.69) is 39.3 Å². The third-order valence-corrected chi connectivity index (χ3v) is 8.09. The van der Waals surface area contributed by atoms with Gasteiger partial charge in [0.1, 0.15) is 5.69 Å². The van der Waals surface area contributed by atoms with Crippen LogP contribution in [0.15, 0.2) is 60.8 Å². The van der Waals surface area contributed by atoms with Crippen molar-refractivity contribution in [1.29, 1.82) is 0 Å². The highest BCUT2D eigenvalue weighted by molar-refractivity contribution is 6.33. The first-order valence-corrected chi connectivity index (χ1v) is 11.3. The Morgan fingerprint density at radius 2 is 1.61 bits per heavy atom. The van der Waals surface area contributed by atoms with Crippen molar-refractivity contribution in [2.24, 2.45) is 17.8 Å². The van der Waals surface area contributed by atoms with Gasteiger partial charge in [0.25, 0.3) is 0 Å². The number of pyridine rings is 1. The number of anilines is 5. The van der Waals surface area contributed by atoms with Crippen molar-refractivity contribution in [2.75, 3.05) is 16.1 Å². The van der Waals surface area contributed by atoms with Crippen LogP contribution in [0.2, 0.25) is 5.02 Å². The van der Waals surface area contributed by atoms with E-state index in [-0.39, 0.29) is 0 Å². The van der Waals surface area contributed by atoms with Gasteiger partial charge in [-0.15, -0.1) is 0 Å². The minimum absolute atomic E-state index is 0.401. The average Bonchev–Trinajstić information content (AvgIpc) is 3.53. The molecule has 4 N–H and O–H groups in total. The molecule has 31 heavy (non-hydrogen) atoms. The first-order chi connectivity index (χ1) is 15.1. The lowest BCUT2D eigenvalue weighted by atomic mass is 9.75. The van der Waals surface area contributed by atoms with Crippen molar-refractivity contribution < 1.29 is 5.21 Å². The number of hydrogen-bond donors (Lipinski definition) is 4. The predicted molar refractivity (Wildman–Crippen MR) is 125 cm³/mol. The third kappa shape index (κ3) is 3.07. The molecule has 6 heteroatoms. The van der Waals surface area contributed by atoms with Crippen LogP contribution in [0.5, 0.6) is 0 Å². The van der Waals surface area contributed by atoms with Crippen LogP contribution >= 0.6 is 11.6 Å². The van der Waals surface area contributed by atoms with Crippen molar-refractivity contribution in [3.63, 3.8) is 0 Å². The standard InChI is InChI=1S/C25H25ClN4O/c26-21-12-17(25-13-15-10-18(25)11-16(15)14-25)3-8-22(21)28-19-4-6-20(7-5-19)29-24-23(30-31)2-1-9-27-24/h1-9,12,15-16,18,28,30-31H,10-11,13-14H2,(H,27,29). The molecule has 4 aliphatic carbocycles. The Bertz CT molecular complexity index is 1120. The second kappa shape index (κ2) is 7.14. The van der Waals surface area contributed by atoms with E-state index in [9.17, 15) is 5.21 Å². The van der Waals surface area contributed by atoms with Gasteiger partial charge in [0, 0.05) is 17.6 Å². The molecule has 7 rings (SSSR count). The van der Waals surface area contributed by atoms with Gasteiger partial charge in [-0.3, -0.25) is 10.7 Å². The number of hydrogen-bond acceptors (Lipinski definition) is 5. The van der Waals surface area contributed by atoms with Crippen LogP contribution in [0, 0.1) is 17.8 Å². The number of nitrogens with zero attached hydrogens (tertiary/aromatic N) is 1. The molecule has 2 atom stereocenters. The largest absolute Gasteiger partial charge is 0.354 e. The first kappa shape index (κ1) is 19.0. The summed E-state index contributed by atoms with van der Waals surface area (Å²) in [5.74, 6) is 3.36. The van der Waals surface area contributed by atoms with E-state index in [4.69, 9.17) is 11.6 Å². The highest BCUT2D eigenvalue weighted by atomic mass is 35.5. The normalized spacial score (nSPS) is 27.6. The summed E-state index contributed by atoms with van der Waals surface area (Å²) in [5, 5.41) is 16.6. The summed E-state index contributed by atoms with van der Waals surface area (Å²) in [6, 6.07) is 18.0. The SMILES string of the molecule is ONc1cccnc1Nc1ccc(Nc2ccc(C34CC5CC3CC5C4)cc2Cl)cc1. The molecule has 4 fully saturated rings. The van der Waals surface area contributed by atoms with Crippen LogP contribution in [0.4, 0.5) is 28.6 Å². The molecule has 0 saturated heterocycles. The van der Waals surface area contributed by atoms with Crippen molar-refractivity contribution in [2.45, 2.75) is 31.1 Å². The monoisotopic (exact) mass is 432 g/mol. The van der Waals surface area contributed by atoms with Crippen LogP contribution < -0.4 is 16.1 Å². The fourth-order valence-electron chi connectivity index (χ4n) is 6.44. The van der Waals surface area contributed by atoms with E-state index in [0.29, 0.717) is 16.9 Å². The minimum Gasteiger partial charge on any atom is -0.354 e. The number of nitrogens with one attached hydrogen (secondary N) is 3. The van der Waals surface area contributed by atoms with Crippen molar-refractivity contribution in [1.82, 2.24) is 4.98 Å². The van der Waals surface area contributed by atoms with Crippen LogP contribution in [0.25, 0.3) is 0 Å². The molecule has 1 aromatic heterocycles. The lowest BCUT2D eigenvalue weighted by Crippen LogP contribution is -2.24. The van der Waals surface area contributed by atoms with E-state index in [1.165, 1.54) is 31.2 Å². The molecule has 4 aliphatic rings. The van der Waals surface area contributed by atoms with E-state index in [1.807, 2.05) is 24.3 Å². The zero-order valence-electron chi connectivity index (χ0n) is 17.1. The highest BCUT2D eigenvalue weighted by Crippen LogP contribution is 2.70. The lowest BCUT2D eigenvalue weighted by molar-refractivity contribution is 0.371. The Morgan fingerprint density at radius 3 is 2.23 bits per heavy atom. The van der Waals surface area contributed by atoms with Crippen LogP contribution in [0.1, 0.15) is 31.2 Å². The maximum absolute atomic E-state index is 9.22. The van der Waals surface area contributed by atoms with Gasteiger partial charge in [-0.2, -0.15) is 0 Å². The summed E-state index contributed by atoms with van der Waals surface area (Å²) in [5.41, 5.74) is 7.28. The average molecular weight is 433 g/mol. The third-order valence-electron chi connectivity index (χ3n) is 7.77. The van der Waals surface area contributed by atoms with Gasteiger partial charge >= 0.3 is 0 Å². The molecule has 3 aromatic rings. The second-order valence-electron chi connectivity index (χ2n) is 9.29. The molecule has 0 spiro atoms. The molecule has 0 aliphatic heterocycles. The van der Waals surface area contributed by atoms with Crippen LogP contribution in [0.3, 0.4) is 0 Å². The van der Waals surface area contributed by atoms with Gasteiger partial charge < -0.3 is 10.6 Å². The summed E-state index contributed by atoms with van der Waals surface area (Å²) >= 11 is 6.71. The van der Waals surface area contributed by atoms with Gasteiger partial charge in [0.05, 0.1) is 10.7 Å². The number of rotatable bonds is 6. The number of aromatic nitrogens is 1. The Labute approximate surface area is 186 Å². The summed E-state index contributed by atoms with van der Waals surface area (Å²) in [6.45, 7) is 0. The lowest BCUT2D eigenvalue weighted by Gasteiger charge is -2.30. The van der Waals surface area contributed by atoms with Crippen LogP contribution in [-0.2, 0) is 5.41 Å². The minimum atomic E-state index is 0.401. The predicted octanol–water partition coefficient (Wildman–Crippen LogP) is 6.71. The Kier molecular flexibility index (Phi) is 4.37. The molecule has 5 nitrogen and oxygen atoms in total. The van der Waals surface area contributed by atoms with E-state index >= 15 is 0 Å². The van der Waals surface area contributed by atoms with Crippen molar-refractivity contribution in [3.05, 3.63) is 71.4 Å². The second-order valence-corrected chi connectivity index (χ2v) is 9.69. The molecule has 0 radical (unpaired) electrons.